The van der Waals surface area contributed by atoms with E-state index in [4.69, 9.17) is 26.6 Å². The molecule has 1 atom stereocenters. The van der Waals surface area contributed by atoms with Gasteiger partial charge in [0, 0.05) is 32.2 Å². The highest BCUT2D eigenvalue weighted by molar-refractivity contribution is 7.80. The highest BCUT2D eigenvalue weighted by atomic mass is 32.1. The lowest BCUT2D eigenvalue weighted by molar-refractivity contribution is 0.444. The van der Waals surface area contributed by atoms with Gasteiger partial charge < -0.3 is 24.9 Å². The smallest absolute Gasteiger partial charge is 0.232 e. The average Bonchev–Trinajstić information content (AvgIpc) is 3.40. The molecule has 0 aromatic carbocycles. The van der Waals surface area contributed by atoms with Gasteiger partial charge >= 0.3 is 0 Å². The van der Waals surface area contributed by atoms with Crippen LogP contribution in [0.15, 0.2) is 28.9 Å². The molecule has 0 aliphatic carbocycles. The molecule has 0 spiro atoms. The number of nitrogens with zero attached hydrogens (tertiary/aromatic N) is 4. The molecule has 2 aromatic rings. The van der Waals surface area contributed by atoms with E-state index in [0.717, 1.165) is 43.6 Å². The Labute approximate surface area is 171 Å². The first-order chi connectivity index (χ1) is 13.7. The second kappa shape index (κ2) is 8.77. The maximum absolute atomic E-state index is 5.43. The van der Waals surface area contributed by atoms with Crippen molar-refractivity contribution in [3.05, 3.63) is 30.2 Å². The summed E-state index contributed by atoms with van der Waals surface area (Å²) in [5.41, 5.74) is 0. The van der Waals surface area contributed by atoms with Crippen molar-refractivity contribution in [3.8, 4) is 0 Å². The van der Waals surface area contributed by atoms with E-state index < -0.39 is 0 Å². The van der Waals surface area contributed by atoms with Gasteiger partial charge in [0.05, 0.1) is 12.8 Å². The minimum atomic E-state index is 0.493. The van der Waals surface area contributed by atoms with Crippen LogP contribution in [-0.4, -0.2) is 41.3 Å². The third-order valence-electron chi connectivity index (χ3n) is 5.34. The molecule has 2 aliphatic rings. The highest BCUT2D eigenvalue weighted by Gasteiger charge is 2.22. The van der Waals surface area contributed by atoms with Crippen LogP contribution in [0, 0.1) is 5.92 Å². The van der Waals surface area contributed by atoms with Crippen molar-refractivity contribution in [3.63, 3.8) is 0 Å². The van der Waals surface area contributed by atoms with Gasteiger partial charge in [0.25, 0.3) is 0 Å². The fourth-order valence-electron chi connectivity index (χ4n) is 3.87. The van der Waals surface area contributed by atoms with Gasteiger partial charge in [-0.1, -0.05) is 6.92 Å². The van der Waals surface area contributed by atoms with Crippen LogP contribution in [0.25, 0.3) is 0 Å². The molecule has 2 aromatic heterocycles. The zero-order chi connectivity index (χ0) is 19.3. The molecule has 4 heterocycles. The molecule has 0 amide bonds. The van der Waals surface area contributed by atoms with E-state index in [2.05, 4.69) is 33.4 Å². The van der Waals surface area contributed by atoms with Crippen LogP contribution in [0.3, 0.4) is 0 Å². The highest BCUT2D eigenvalue weighted by Crippen LogP contribution is 2.27. The Morgan fingerprint density at radius 2 is 1.93 bits per heavy atom. The van der Waals surface area contributed by atoms with Gasteiger partial charge in [-0.05, 0) is 56.0 Å². The SMILES string of the molecule is CC1CCCN(c2cc(N3CCCC3)nc(NC(=S)NCc3ccco3)n2)C1. The summed E-state index contributed by atoms with van der Waals surface area (Å²) in [5, 5.41) is 6.80. The molecule has 8 heteroatoms. The van der Waals surface area contributed by atoms with Crippen LogP contribution in [0.2, 0.25) is 0 Å². The van der Waals surface area contributed by atoms with Crippen molar-refractivity contribution in [1.82, 2.24) is 15.3 Å². The number of piperidine rings is 1. The number of aromatic nitrogens is 2. The predicted molar refractivity (Wildman–Crippen MR) is 116 cm³/mol. The standard InChI is InChI=1S/C20H28N6OS/c1-15-6-4-10-26(14-15)18-12-17(25-8-2-3-9-25)22-19(23-18)24-20(28)21-13-16-7-5-11-27-16/h5,7,11-12,15H,2-4,6,8-10,13-14H2,1H3,(H2,21,22,23,24,28). The number of rotatable bonds is 5. The Bertz CT molecular complexity index is 790. The van der Waals surface area contributed by atoms with Gasteiger partial charge in [-0.15, -0.1) is 0 Å². The van der Waals surface area contributed by atoms with Crippen LogP contribution in [0.4, 0.5) is 17.6 Å². The Morgan fingerprint density at radius 3 is 2.64 bits per heavy atom. The topological polar surface area (TPSA) is 69.5 Å². The molecule has 7 nitrogen and oxygen atoms in total. The van der Waals surface area contributed by atoms with E-state index in [0.29, 0.717) is 23.5 Å². The molecule has 0 bridgehead atoms. The second-order valence-corrected chi connectivity index (χ2v) is 8.09. The Kier molecular flexibility index (Phi) is 5.95. The quantitative estimate of drug-likeness (QED) is 0.740. The summed E-state index contributed by atoms with van der Waals surface area (Å²) in [6.07, 6.45) is 6.57. The van der Waals surface area contributed by atoms with E-state index in [-0.39, 0.29) is 0 Å². The lowest BCUT2D eigenvalue weighted by atomic mass is 10.0. The van der Waals surface area contributed by atoms with E-state index in [1.807, 2.05) is 12.1 Å². The normalized spacial score (nSPS) is 19.7. The minimum Gasteiger partial charge on any atom is -0.467 e. The van der Waals surface area contributed by atoms with Crippen LogP contribution in [-0.2, 0) is 6.54 Å². The third kappa shape index (κ3) is 4.73. The van der Waals surface area contributed by atoms with Crippen LogP contribution in [0.5, 0.6) is 0 Å². The number of anilines is 3. The lowest BCUT2D eigenvalue weighted by Gasteiger charge is -2.32. The average molecular weight is 401 g/mol. The van der Waals surface area contributed by atoms with Gasteiger partial charge in [-0.3, -0.25) is 0 Å². The van der Waals surface area contributed by atoms with Crippen molar-refractivity contribution in [2.24, 2.45) is 5.92 Å². The van der Waals surface area contributed by atoms with Crippen molar-refractivity contribution in [2.75, 3.05) is 41.3 Å². The fourth-order valence-corrected chi connectivity index (χ4v) is 4.04. The number of furan rings is 1. The van der Waals surface area contributed by atoms with E-state index >= 15 is 0 Å². The summed E-state index contributed by atoms with van der Waals surface area (Å²) in [4.78, 5) is 14.2. The van der Waals surface area contributed by atoms with Gasteiger partial charge in [0.1, 0.15) is 17.4 Å². The molecular weight excluding hydrogens is 372 g/mol. The maximum atomic E-state index is 5.43. The first-order valence-corrected chi connectivity index (χ1v) is 10.5. The number of hydrogen-bond donors (Lipinski definition) is 2. The molecule has 2 aliphatic heterocycles. The van der Waals surface area contributed by atoms with E-state index in [1.165, 1.54) is 25.7 Å². The summed E-state index contributed by atoms with van der Waals surface area (Å²) in [6, 6.07) is 5.91. The zero-order valence-corrected chi connectivity index (χ0v) is 17.2. The first-order valence-electron chi connectivity index (χ1n) is 10.1. The van der Waals surface area contributed by atoms with Crippen molar-refractivity contribution < 1.29 is 4.42 Å². The maximum Gasteiger partial charge on any atom is 0.232 e. The molecule has 2 N–H and O–H groups in total. The van der Waals surface area contributed by atoms with E-state index in [1.54, 1.807) is 6.26 Å². The van der Waals surface area contributed by atoms with Crippen LogP contribution < -0.4 is 20.4 Å². The molecule has 2 saturated heterocycles. The molecule has 28 heavy (non-hydrogen) atoms. The second-order valence-electron chi connectivity index (χ2n) is 7.68. The molecule has 0 radical (unpaired) electrons. The van der Waals surface area contributed by atoms with Crippen molar-refractivity contribution >= 4 is 34.9 Å². The van der Waals surface area contributed by atoms with Gasteiger partial charge in [-0.25, -0.2) is 0 Å². The monoisotopic (exact) mass is 400 g/mol. The zero-order valence-electron chi connectivity index (χ0n) is 16.4. The van der Waals surface area contributed by atoms with Crippen LogP contribution in [0.1, 0.15) is 38.4 Å². The number of thiocarbonyl (C=S) groups is 1. The minimum absolute atomic E-state index is 0.493. The Balaban J connectivity index is 1.50. The molecule has 150 valence electrons. The molecule has 4 rings (SSSR count). The number of hydrogen-bond acceptors (Lipinski definition) is 6. The van der Waals surface area contributed by atoms with Crippen molar-refractivity contribution in [1.29, 1.82) is 0 Å². The van der Waals surface area contributed by atoms with E-state index in [9.17, 15) is 0 Å². The van der Waals surface area contributed by atoms with Gasteiger partial charge in [0.15, 0.2) is 5.11 Å². The molecular formula is C20H28N6OS. The van der Waals surface area contributed by atoms with Crippen LogP contribution >= 0.6 is 12.2 Å². The summed E-state index contributed by atoms with van der Waals surface area (Å²) in [7, 11) is 0. The molecule has 0 saturated carbocycles. The first kappa shape index (κ1) is 19.0. The summed E-state index contributed by atoms with van der Waals surface area (Å²) in [6.45, 7) is 7.02. The summed E-state index contributed by atoms with van der Waals surface area (Å²) >= 11 is 5.43. The third-order valence-corrected chi connectivity index (χ3v) is 5.59. The summed E-state index contributed by atoms with van der Waals surface area (Å²) < 4.78 is 5.33. The molecule has 1 unspecified atom stereocenters. The van der Waals surface area contributed by atoms with Gasteiger partial charge in [-0.2, -0.15) is 9.97 Å². The number of nitrogens with one attached hydrogen (secondary N) is 2. The fraction of sp³-hybridized carbons (Fsp3) is 0.550. The van der Waals surface area contributed by atoms with Gasteiger partial charge in [0.2, 0.25) is 5.95 Å². The van der Waals surface area contributed by atoms with Crippen molar-refractivity contribution in [2.45, 2.75) is 39.2 Å². The predicted octanol–water partition coefficient (Wildman–Crippen LogP) is 3.39. The Morgan fingerprint density at radius 1 is 1.18 bits per heavy atom. The molecule has 2 fully saturated rings. The lowest BCUT2D eigenvalue weighted by Crippen LogP contribution is -2.35. The Hall–Kier alpha value is -2.35. The summed E-state index contributed by atoms with van der Waals surface area (Å²) in [5.74, 6) is 4.04. The largest absolute Gasteiger partial charge is 0.467 e.